The molecule has 1 heteroatoms. The van der Waals surface area contributed by atoms with Crippen molar-refractivity contribution in [1.82, 2.24) is 0 Å². The van der Waals surface area contributed by atoms with E-state index < -0.39 is 0 Å². The fourth-order valence-corrected chi connectivity index (χ4v) is 8.07. The van der Waals surface area contributed by atoms with Crippen molar-refractivity contribution in [3.8, 4) is 0 Å². The molecule has 0 aromatic heterocycles. The second-order valence-corrected chi connectivity index (χ2v) is 13.2. The topological polar surface area (TPSA) is 9.23 Å². The number of hydrogen-bond donors (Lipinski definition) is 0. The number of hydrogen-bond acceptors (Lipinski definition) is 1. The Hall–Kier alpha value is -2.28. The van der Waals surface area contributed by atoms with Gasteiger partial charge in [0.15, 0.2) is 0 Å². The molecule has 0 amide bonds. The molecule has 0 bridgehead atoms. The third-order valence-corrected chi connectivity index (χ3v) is 10.4. The molecule has 1 fully saturated rings. The van der Waals surface area contributed by atoms with E-state index in [1.807, 2.05) is 27.7 Å². The van der Waals surface area contributed by atoms with Gasteiger partial charge in [-0.25, -0.2) is 0 Å². The highest BCUT2D eigenvalue weighted by Gasteiger charge is 2.29. The van der Waals surface area contributed by atoms with Crippen molar-refractivity contribution in [2.75, 3.05) is 0 Å². The maximum Gasteiger partial charge on any atom is 0.123 e. The zero-order chi connectivity index (χ0) is 32.2. The van der Waals surface area contributed by atoms with Crippen LogP contribution in [-0.4, -0.2) is 6.10 Å². The van der Waals surface area contributed by atoms with Crippen molar-refractivity contribution < 1.29 is 4.74 Å². The minimum atomic E-state index is 0.407. The second-order valence-electron chi connectivity index (χ2n) is 13.2. The summed E-state index contributed by atoms with van der Waals surface area (Å²) in [4.78, 5) is 0. The summed E-state index contributed by atoms with van der Waals surface area (Å²) in [6, 6.07) is 0. The van der Waals surface area contributed by atoms with E-state index in [4.69, 9.17) is 4.74 Å². The van der Waals surface area contributed by atoms with E-state index in [1.165, 1.54) is 104 Å². The van der Waals surface area contributed by atoms with Crippen molar-refractivity contribution in [2.45, 2.75) is 172 Å². The highest BCUT2D eigenvalue weighted by Crippen LogP contribution is 2.47. The Morgan fingerprint density at radius 2 is 1.50 bits per heavy atom. The Labute approximate surface area is 273 Å². The lowest BCUT2D eigenvalue weighted by Crippen LogP contribution is -2.10. The van der Waals surface area contributed by atoms with Crippen LogP contribution in [0.15, 0.2) is 91.4 Å². The molecular formula is C43H66O. The molecule has 0 radical (unpaired) electrons. The van der Waals surface area contributed by atoms with Gasteiger partial charge in [0, 0.05) is 0 Å². The van der Waals surface area contributed by atoms with Gasteiger partial charge in [-0.1, -0.05) is 94.6 Å². The van der Waals surface area contributed by atoms with Gasteiger partial charge in [-0.2, -0.15) is 0 Å². The maximum absolute atomic E-state index is 6.71. The van der Waals surface area contributed by atoms with E-state index in [0.29, 0.717) is 6.10 Å². The Morgan fingerprint density at radius 1 is 0.773 bits per heavy atom. The lowest BCUT2D eigenvalue weighted by molar-refractivity contribution is 0.127. The van der Waals surface area contributed by atoms with E-state index in [-0.39, 0.29) is 0 Å². The third kappa shape index (κ3) is 8.50. The van der Waals surface area contributed by atoms with Gasteiger partial charge in [0.2, 0.25) is 0 Å². The van der Waals surface area contributed by atoms with Gasteiger partial charge in [-0.15, -0.1) is 0 Å². The molecular weight excluding hydrogens is 532 g/mol. The van der Waals surface area contributed by atoms with Crippen LogP contribution in [0, 0.1) is 5.92 Å². The van der Waals surface area contributed by atoms with Crippen LogP contribution in [0.25, 0.3) is 0 Å². The molecule has 1 unspecified atom stereocenters. The van der Waals surface area contributed by atoms with Gasteiger partial charge in [-0.05, 0) is 163 Å². The molecule has 6 rings (SSSR count). The summed E-state index contributed by atoms with van der Waals surface area (Å²) in [5.74, 6) is 2.01. The predicted molar refractivity (Wildman–Crippen MR) is 195 cm³/mol. The molecule has 1 saturated carbocycles. The largest absolute Gasteiger partial charge is 0.490 e. The Balaban J connectivity index is 0.000000293. The number of rotatable bonds is 5. The number of allylic oxidation sites excluding steroid dienone is 15. The molecule has 0 spiro atoms. The molecule has 1 nitrogen and oxygen atoms in total. The highest BCUT2D eigenvalue weighted by molar-refractivity contribution is 5.68. The molecule has 0 aromatic carbocycles. The molecule has 0 saturated heterocycles. The zero-order valence-electron chi connectivity index (χ0n) is 30.5. The predicted octanol–water partition coefficient (Wildman–Crippen LogP) is 13.9. The lowest BCUT2D eigenvalue weighted by Gasteiger charge is -2.26. The summed E-state index contributed by atoms with van der Waals surface area (Å²) in [5.41, 5.74) is 17.2. The van der Waals surface area contributed by atoms with Gasteiger partial charge < -0.3 is 4.74 Å². The smallest absolute Gasteiger partial charge is 0.123 e. The van der Waals surface area contributed by atoms with Crippen molar-refractivity contribution >= 4 is 0 Å². The third-order valence-electron chi connectivity index (χ3n) is 10.4. The fraction of sp³-hybridized carbons (Fsp3) is 0.628. The van der Waals surface area contributed by atoms with Gasteiger partial charge in [0.1, 0.15) is 5.76 Å². The van der Waals surface area contributed by atoms with Crippen molar-refractivity contribution in [1.29, 1.82) is 0 Å². The molecule has 0 aliphatic heterocycles. The van der Waals surface area contributed by atoms with Gasteiger partial charge >= 0.3 is 0 Å². The van der Waals surface area contributed by atoms with Crippen molar-refractivity contribution in [2.24, 2.45) is 5.92 Å². The minimum Gasteiger partial charge on any atom is -0.490 e. The van der Waals surface area contributed by atoms with E-state index in [2.05, 4.69) is 65.8 Å². The van der Waals surface area contributed by atoms with Gasteiger partial charge in [0.05, 0.1) is 6.10 Å². The lowest BCUT2D eigenvalue weighted by atomic mass is 9.79. The molecule has 44 heavy (non-hydrogen) atoms. The van der Waals surface area contributed by atoms with Crippen LogP contribution in [-0.2, 0) is 4.74 Å². The van der Waals surface area contributed by atoms with Crippen molar-refractivity contribution in [3.05, 3.63) is 91.4 Å². The molecule has 6 aliphatic carbocycles. The quantitative estimate of drug-likeness (QED) is 0.306. The molecule has 0 N–H and O–H groups in total. The van der Waals surface area contributed by atoms with E-state index >= 15 is 0 Å². The van der Waals surface area contributed by atoms with Crippen LogP contribution in [0.2, 0.25) is 0 Å². The molecule has 244 valence electrons. The van der Waals surface area contributed by atoms with Crippen LogP contribution >= 0.6 is 0 Å². The summed E-state index contributed by atoms with van der Waals surface area (Å²) < 4.78 is 6.71. The van der Waals surface area contributed by atoms with Crippen LogP contribution < -0.4 is 0 Å². The van der Waals surface area contributed by atoms with E-state index in [1.54, 1.807) is 33.4 Å². The number of ether oxygens (including phenoxy) is 1. The first-order chi connectivity index (χ1) is 21.4. The van der Waals surface area contributed by atoms with E-state index in [0.717, 1.165) is 31.6 Å². The van der Waals surface area contributed by atoms with Crippen molar-refractivity contribution in [3.63, 3.8) is 0 Å². The van der Waals surface area contributed by atoms with Crippen LogP contribution in [0.4, 0.5) is 0 Å². The Morgan fingerprint density at radius 3 is 2.16 bits per heavy atom. The normalized spacial score (nSPS) is 23.5. The first-order valence-corrected chi connectivity index (χ1v) is 18.7. The molecule has 0 heterocycles. The molecule has 0 aromatic rings. The van der Waals surface area contributed by atoms with Gasteiger partial charge in [-0.3, -0.25) is 0 Å². The highest BCUT2D eigenvalue weighted by atomic mass is 16.5. The SMILES string of the molecule is CC.CC.CC1CCCC2=C1C=CCC2.CCC1=C(C2=C(C)CCC3=C2C(C)=CC3)C=C(OC2CCCC2)C(CC)=C(C)C1. The summed E-state index contributed by atoms with van der Waals surface area (Å²) in [5, 5.41) is 0. The van der Waals surface area contributed by atoms with Crippen LogP contribution in [0.5, 0.6) is 0 Å². The van der Waals surface area contributed by atoms with Crippen LogP contribution in [0.3, 0.4) is 0 Å². The minimum absolute atomic E-state index is 0.407. The summed E-state index contributed by atoms with van der Waals surface area (Å²) in [7, 11) is 0. The van der Waals surface area contributed by atoms with E-state index in [9.17, 15) is 0 Å². The summed E-state index contributed by atoms with van der Waals surface area (Å²) in [6.07, 6.45) is 28.7. The zero-order valence-corrected chi connectivity index (χ0v) is 30.5. The Bertz CT molecular complexity index is 1240. The second kappa shape index (κ2) is 18.0. The summed E-state index contributed by atoms with van der Waals surface area (Å²) >= 11 is 0. The first kappa shape index (κ1) is 36.2. The standard InChI is InChI=1S/C28H38O.C11H16.2C2H6/c1-6-21-16-20(5)24(7-2)26(29-23-10-8-9-11-23)17-25(21)28-19(4)13-15-22-14-12-18(3)27(22)28;1-9-5-4-7-10-6-2-3-8-11(9)10;2*1-2/h12,17,23H,6-11,13-16H2,1-5H3;3,8-9H,2,4-7H2,1H3;2*1-2H3. The maximum atomic E-state index is 6.71. The first-order valence-electron chi connectivity index (χ1n) is 18.7. The van der Waals surface area contributed by atoms with Crippen LogP contribution in [0.1, 0.15) is 166 Å². The summed E-state index contributed by atoms with van der Waals surface area (Å²) in [6.45, 7) is 22.0. The molecule has 6 aliphatic rings. The Kier molecular flexibility index (Phi) is 14.8. The van der Waals surface area contributed by atoms with Gasteiger partial charge in [0.25, 0.3) is 0 Å². The monoisotopic (exact) mass is 599 g/mol. The molecule has 1 atom stereocenters. The average molecular weight is 599 g/mol. The average Bonchev–Trinajstić information content (AvgIpc) is 3.68. The fourth-order valence-electron chi connectivity index (χ4n) is 8.07.